The maximum atomic E-state index is 11.9. The Balaban J connectivity index is 1.86. The van der Waals surface area contributed by atoms with Crippen LogP contribution in [-0.2, 0) is 19.1 Å². The van der Waals surface area contributed by atoms with E-state index in [1.807, 2.05) is 6.07 Å². The zero-order valence-corrected chi connectivity index (χ0v) is 11.7. The summed E-state index contributed by atoms with van der Waals surface area (Å²) in [4.78, 5) is 23.7. The van der Waals surface area contributed by atoms with Crippen LogP contribution in [0.4, 0.5) is 5.69 Å². The van der Waals surface area contributed by atoms with E-state index in [4.69, 9.17) is 14.7 Å². The van der Waals surface area contributed by atoms with Crippen molar-refractivity contribution in [2.75, 3.05) is 11.9 Å². The molecule has 1 aromatic carbocycles. The predicted molar refractivity (Wildman–Crippen MR) is 74.3 cm³/mol. The topological polar surface area (TPSA) is 88.4 Å². The van der Waals surface area contributed by atoms with Crippen LogP contribution in [0.3, 0.4) is 0 Å². The predicted octanol–water partition coefficient (Wildman–Crippen LogP) is 1.61. The normalized spacial score (nSPS) is 18.6. The van der Waals surface area contributed by atoms with Gasteiger partial charge in [0.15, 0.2) is 12.2 Å². The van der Waals surface area contributed by atoms with Gasteiger partial charge in [0.25, 0.3) is 5.91 Å². The number of hydrogen-bond donors (Lipinski definition) is 1. The number of carbonyl (C=O) groups excluding carboxylic acids is 2. The summed E-state index contributed by atoms with van der Waals surface area (Å²) in [5.41, 5.74) is 1.05. The second-order valence-electron chi connectivity index (χ2n) is 4.76. The van der Waals surface area contributed by atoms with Crippen molar-refractivity contribution in [2.24, 2.45) is 0 Å². The summed E-state index contributed by atoms with van der Waals surface area (Å²) in [5.74, 6) is -0.930. The van der Waals surface area contributed by atoms with E-state index in [2.05, 4.69) is 5.32 Å². The molecule has 0 radical (unpaired) electrons. The minimum Gasteiger partial charge on any atom is -0.451 e. The molecule has 0 aromatic heterocycles. The third-order valence-corrected chi connectivity index (χ3v) is 3.14. The van der Waals surface area contributed by atoms with Gasteiger partial charge < -0.3 is 14.8 Å². The number of amides is 1. The fraction of sp³-hybridized carbons (Fsp3) is 0.400. The largest absolute Gasteiger partial charge is 0.451 e. The molecular formula is C15H16N2O4. The second kappa shape index (κ2) is 6.86. The first kappa shape index (κ1) is 15.0. The molecule has 21 heavy (non-hydrogen) atoms. The first-order valence-electron chi connectivity index (χ1n) is 6.73. The van der Waals surface area contributed by atoms with E-state index in [-0.39, 0.29) is 0 Å². The molecule has 6 nitrogen and oxygen atoms in total. The molecule has 6 heteroatoms. The zero-order valence-electron chi connectivity index (χ0n) is 11.7. The maximum Gasteiger partial charge on any atom is 0.336 e. The van der Waals surface area contributed by atoms with Gasteiger partial charge in [-0.3, -0.25) is 4.79 Å². The van der Waals surface area contributed by atoms with Gasteiger partial charge >= 0.3 is 5.97 Å². The van der Waals surface area contributed by atoms with E-state index in [0.717, 1.165) is 6.42 Å². The van der Waals surface area contributed by atoms with Crippen LogP contribution in [-0.4, -0.2) is 30.7 Å². The second-order valence-corrected chi connectivity index (χ2v) is 4.76. The minimum atomic E-state index is -0.905. The van der Waals surface area contributed by atoms with E-state index in [9.17, 15) is 9.59 Å². The molecule has 0 saturated carbocycles. The number of anilines is 1. The Morgan fingerprint density at radius 3 is 2.71 bits per heavy atom. The molecule has 1 aliphatic heterocycles. The SMILES string of the molecule is C[C@@H](OC(=O)[C@@H]1CCCO1)C(=O)Nc1ccc(C#N)cc1. The summed E-state index contributed by atoms with van der Waals surface area (Å²) in [7, 11) is 0. The summed E-state index contributed by atoms with van der Waals surface area (Å²) < 4.78 is 10.3. The van der Waals surface area contributed by atoms with Crippen LogP contribution < -0.4 is 5.32 Å². The standard InChI is InChI=1S/C15H16N2O4/c1-10(21-15(19)13-3-2-8-20-13)14(18)17-12-6-4-11(9-16)5-7-12/h4-7,10,13H,2-3,8H2,1H3,(H,17,18)/t10-,13+/m1/s1. The van der Waals surface area contributed by atoms with Gasteiger partial charge in [0, 0.05) is 12.3 Å². The van der Waals surface area contributed by atoms with Crippen molar-refractivity contribution >= 4 is 17.6 Å². The third kappa shape index (κ3) is 4.04. The van der Waals surface area contributed by atoms with Crippen molar-refractivity contribution in [3.63, 3.8) is 0 Å². The van der Waals surface area contributed by atoms with E-state index >= 15 is 0 Å². The third-order valence-electron chi connectivity index (χ3n) is 3.14. The summed E-state index contributed by atoms with van der Waals surface area (Å²) in [5, 5.41) is 11.3. The van der Waals surface area contributed by atoms with Gasteiger partial charge in [-0.15, -0.1) is 0 Å². The van der Waals surface area contributed by atoms with Crippen LogP contribution >= 0.6 is 0 Å². The quantitative estimate of drug-likeness (QED) is 0.850. The molecule has 0 bridgehead atoms. The molecule has 1 fully saturated rings. The number of hydrogen-bond acceptors (Lipinski definition) is 5. The number of rotatable bonds is 4. The van der Waals surface area contributed by atoms with Crippen LogP contribution in [0.1, 0.15) is 25.3 Å². The fourth-order valence-electron chi connectivity index (χ4n) is 1.94. The lowest BCUT2D eigenvalue weighted by molar-refractivity contribution is -0.162. The Bertz CT molecular complexity index is 556. The first-order valence-corrected chi connectivity index (χ1v) is 6.73. The summed E-state index contributed by atoms with van der Waals surface area (Å²) >= 11 is 0. The molecule has 0 aliphatic carbocycles. The van der Waals surface area contributed by atoms with Crippen molar-refractivity contribution in [3.05, 3.63) is 29.8 Å². The minimum absolute atomic E-state index is 0.425. The molecule has 0 spiro atoms. The van der Waals surface area contributed by atoms with E-state index in [1.165, 1.54) is 6.92 Å². The molecule has 0 unspecified atom stereocenters. The highest BCUT2D eigenvalue weighted by molar-refractivity contribution is 5.95. The molecule has 1 aliphatic rings. The Labute approximate surface area is 122 Å². The van der Waals surface area contributed by atoms with Crippen molar-refractivity contribution < 1.29 is 19.1 Å². The van der Waals surface area contributed by atoms with E-state index < -0.39 is 24.1 Å². The van der Waals surface area contributed by atoms with Crippen LogP contribution in [0.5, 0.6) is 0 Å². The zero-order chi connectivity index (χ0) is 15.2. The number of ether oxygens (including phenoxy) is 2. The average molecular weight is 288 g/mol. The highest BCUT2D eigenvalue weighted by atomic mass is 16.6. The smallest absolute Gasteiger partial charge is 0.336 e. The molecule has 110 valence electrons. The number of benzene rings is 1. The van der Waals surface area contributed by atoms with Crippen molar-refractivity contribution in [1.82, 2.24) is 0 Å². The molecule has 1 N–H and O–H groups in total. The van der Waals surface area contributed by atoms with Crippen LogP contribution in [0, 0.1) is 11.3 Å². The van der Waals surface area contributed by atoms with Gasteiger partial charge in [-0.2, -0.15) is 5.26 Å². The maximum absolute atomic E-state index is 11.9. The number of nitriles is 1. The lowest BCUT2D eigenvalue weighted by Crippen LogP contribution is -2.33. The summed E-state index contributed by atoms with van der Waals surface area (Å²) in [6.07, 6.45) is -0.0125. The summed E-state index contributed by atoms with van der Waals surface area (Å²) in [6, 6.07) is 8.42. The van der Waals surface area contributed by atoms with Crippen molar-refractivity contribution in [1.29, 1.82) is 5.26 Å². The molecule has 2 rings (SSSR count). The lowest BCUT2D eigenvalue weighted by Gasteiger charge is -2.15. The number of carbonyl (C=O) groups is 2. The molecular weight excluding hydrogens is 272 g/mol. The highest BCUT2D eigenvalue weighted by Crippen LogP contribution is 2.15. The molecule has 1 amide bonds. The van der Waals surface area contributed by atoms with Gasteiger partial charge in [-0.25, -0.2) is 4.79 Å². The number of nitrogens with one attached hydrogen (secondary N) is 1. The van der Waals surface area contributed by atoms with Gasteiger partial charge in [0.1, 0.15) is 0 Å². The van der Waals surface area contributed by atoms with Crippen molar-refractivity contribution in [3.8, 4) is 6.07 Å². The number of esters is 1. The van der Waals surface area contributed by atoms with Gasteiger partial charge in [-0.1, -0.05) is 0 Å². The summed E-state index contributed by atoms with van der Waals surface area (Å²) in [6.45, 7) is 2.05. The Morgan fingerprint density at radius 1 is 1.43 bits per heavy atom. The van der Waals surface area contributed by atoms with Gasteiger partial charge in [0.05, 0.1) is 11.6 Å². The fourth-order valence-corrected chi connectivity index (χ4v) is 1.94. The Kier molecular flexibility index (Phi) is 4.90. The average Bonchev–Trinajstić information content (AvgIpc) is 3.02. The van der Waals surface area contributed by atoms with Gasteiger partial charge in [0.2, 0.25) is 0 Å². The van der Waals surface area contributed by atoms with E-state index in [0.29, 0.717) is 24.3 Å². The monoisotopic (exact) mass is 288 g/mol. The first-order chi connectivity index (χ1) is 10.1. The lowest BCUT2D eigenvalue weighted by atomic mass is 10.2. The van der Waals surface area contributed by atoms with Crippen LogP contribution in [0.2, 0.25) is 0 Å². The van der Waals surface area contributed by atoms with Crippen LogP contribution in [0.25, 0.3) is 0 Å². The Morgan fingerprint density at radius 2 is 2.14 bits per heavy atom. The molecule has 2 atom stereocenters. The van der Waals surface area contributed by atoms with Crippen LogP contribution in [0.15, 0.2) is 24.3 Å². The van der Waals surface area contributed by atoms with E-state index in [1.54, 1.807) is 24.3 Å². The molecule has 1 heterocycles. The number of nitrogens with zero attached hydrogens (tertiary/aromatic N) is 1. The highest BCUT2D eigenvalue weighted by Gasteiger charge is 2.28. The van der Waals surface area contributed by atoms with Crippen molar-refractivity contribution in [2.45, 2.75) is 32.0 Å². The molecule has 1 saturated heterocycles. The van der Waals surface area contributed by atoms with Gasteiger partial charge in [-0.05, 0) is 44.0 Å². The molecule has 1 aromatic rings. The Hall–Kier alpha value is -2.39.